The number of carbonyl (C=O) groups is 2. The molecule has 8 nitrogen and oxygen atoms in total. The molecule has 0 unspecified atom stereocenters. The summed E-state index contributed by atoms with van der Waals surface area (Å²) in [6, 6.07) is 3.19. The lowest BCUT2D eigenvalue weighted by atomic mass is 9.98. The molecule has 1 N–H and O–H groups in total. The van der Waals surface area contributed by atoms with Gasteiger partial charge in [-0.05, 0) is 30.9 Å². The van der Waals surface area contributed by atoms with Gasteiger partial charge >= 0.3 is 0 Å². The smallest absolute Gasteiger partial charge is 0.244 e. The molecule has 1 aromatic heterocycles. The van der Waals surface area contributed by atoms with Crippen LogP contribution in [-0.4, -0.2) is 66.4 Å². The lowest BCUT2D eigenvalue weighted by Gasteiger charge is -2.29. The fourth-order valence-electron chi connectivity index (χ4n) is 3.56. The molecule has 2 atom stereocenters. The number of hydrogen-bond donors (Lipinski definition) is 1. The summed E-state index contributed by atoms with van der Waals surface area (Å²) in [7, 11) is -3.30. The van der Waals surface area contributed by atoms with Gasteiger partial charge < -0.3 is 10.2 Å². The minimum Gasteiger partial charge on any atom is -0.329 e. The number of anilines is 1. The molecule has 25 heavy (non-hydrogen) atoms. The Morgan fingerprint density at radius 2 is 2.20 bits per heavy atom. The van der Waals surface area contributed by atoms with Crippen LogP contribution in [0.4, 0.5) is 5.69 Å². The van der Waals surface area contributed by atoms with Crippen LogP contribution in [-0.2, 0) is 19.6 Å². The first-order valence-corrected chi connectivity index (χ1v) is 10.1. The van der Waals surface area contributed by atoms with Crippen molar-refractivity contribution < 1.29 is 18.0 Å². The van der Waals surface area contributed by atoms with Gasteiger partial charge in [-0.2, -0.15) is 4.31 Å². The molecule has 2 fully saturated rings. The zero-order chi connectivity index (χ0) is 18.0. The van der Waals surface area contributed by atoms with Gasteiger partial charge in [0.15, 0.2) is 0 Å². The first kappa shape index (κ1) is 17.8. The van der Waals surface area contributed by atoms with Gasteiger partial charge in [0.25, 0.3) is 0 Å². The summed E-state index contributed by atoms with van der Waals surface area (Å²) < 4.78 is 25.1. The van der Waals surface area contributed by atoms with Crippen molar-refractivity contribution in [2.45, 2.75) is 25.3 Å². The third-order valence-corrected chi connectivity index (χ3v) is 6.02. The number of carbonyl (C=O) groups excluding carboxylic acids is 2. The van der Waals surface area contributed by atoms with Crippen molar-refractivity contribution in [2.75, 3.05) is 31.2 Å². The van der Waals surface area contributed by atoms with Crippen molar-refractivity contribution in [2.24, 2.45) is 5.92 Å². The Balaban J connectivity index is 1.73. The first-order chi connectivity index (χ1) is 11.8. The van der Waals surface area contributed by atoms with Crippen LogP contribution in [0.3, 0.4) is 0 Å². The van der Waals surface area contributed by atoms with Crippen molar-refractivity contribution in [3.8, 4) is 0 Å². The number of aromatic nitrogens is 1. The van der Waals surface area contributed by atoms with E-state index < -0.39 is 10.0 Å². The summed E-state index contributed by atoms with van der Waals surface area (Å²) in [4.78, 5) is 30.3. The van der Waals surface area contributed by atoms with Gasteiger partial charge in [0.2, 0.25) is 21.8 Å². The quantitative estimate of drug-likeness (QED) is 0.826. The highest BCUT2D eigenvalue weighted by atomic mass is 32.2. The van der Waals surface area contributed by atoms with Crippen molar-refractivity contribution in [3.63, 3.8) is 0 Å². The molecular weight excluding hydrogens is 344 g/mol. The summed E-state index contributed by atoms with van der Waals surface area (Å²) >= 11 is 0. The first-order valence-electron chi connectivity index (χ1n) is 8.29. The molecule has 2 saturated heterocycles. The molecule has 2 aliphatic rings. The van der Waals surface area contributed by atoms with E-state index in [1.54, 1.807) is 23.2 Å². The van der Waals surface area contributed by atoms with Gasteiger partial charge in [-0.15, -0.1) is 0 Å². The molecule has 9 heteroatoms. The Morgan fingerprint density at radius 3 is 2.88 bits per heavy atom. The third-order valence-electron chi connectivity index (χ3n) is 4.79. The molecule has 0 aliphatic carbocycles. The van der Waals surface area contributed by atoms with Crippen molar-refractivity contribution >= 4 is 27.5 Å². The van der Waals surface area contributed by atoms with E-state index in [0.29, 0.717) is 18.7 Å². The monoisotopic (exact) mass is 366 g/mol. The predicted octanol–water partition coefficient (Wildman–Crippen LogP) is 0.293. The van der Waals surface area contributed by atoms with Crippen molar-refractivity contribution in [3.05, 3.63) is 24.5 Å². The number of amides is 2. The summed E-state index contributed by atoms with van der Waals surface area (Å²) in [5.74, 6) is -0.323. The molecule has 2 amide bonds. The molecule has 136 valence electrons. The number of hydrogen-bond acceptors (Lipinski definition) is 5. The number of rotatable bonds is 4. The molecular formula is C16H22N4O4S. The van der Waals surface area contributed by atoms with Gasteiger partial charge in [-0.25, -0.2) is 8.42 Å². The van der Waals surface area contributed by atoms with Crippen molar-refractivity contribution in [1.82, 2.24) is 14.2 Å². The lowest BCUT2D eigenvalue weighted by molar-refractivity contribution is -0.136. The number of nitrogens with one attached hydrogen (secondary N) is 1. The lowest BCUT2D eigenvalue weighted by Crippen LogP contribution is -2.47. The highest BCUT2D eigenvalue weighted by Gasteiger charge is 2.43. The second-order valence-electron chi connectivity index (χ2n) is 6.61. The molecule has 0 radical (unpaired) electrons. The van der Waals surface area contributed by atoms with E-state index in [0.717, 1.165) is 12.8 Å². The van der Waals surface area contributed by atoms with Gasteiger partial charge in [0.1, 0.15) is 6.54 Å². The third kappa shape index (κ3) is 4.16. The average molecular weight is 366 g/mol. The van der Waals surface area contributed by atoms with E-state index in [4.69, 9.17) is 0 Å². The Morgan fingerprint density at radius 1 is 1.40 bits per heavy atom. The van der Waals surface area contributed by atoms with Crippen LogP contribution in [0.2, 0.25) is 0 Å². The molecule has 0 saturated carbocycles. The van der Waals surface area contributed by atoms with Crippen LogP contribution < -0.4 is 5.32 Å². The van der Waals surface area contributed by atoms with Crippen molar-refractivity contribution in [1.29, 1.82) is 0 Å². The van der Waals surface area contributed by atoms with Crippen LogP contribution in [0, 0.1) is 5.92 Å². The standard InChI is InChI=1S/C16H22N4O4S/c1-25(23,24)19-9-12-4-2-6-16(22)20(14(12)10-19)11-15(21)18-13-5-3-7-17-8-13/h3,5,7-8,12,14H,2,4,6,9-11H2,1H3,(H,18,21)/t12-,14+/m1/s1. The van der Waals surface area contributed by atoms with Gasteiger partial charge in [0, 0.05) is 25.7 Å². The van der Waals surface area contributed by atoms with E-state index in [1.807, 2.05) is 0 Å². The second-order valence-corrected chi connectivity index (χ2v) is 8.59. The fourth-order valence-corrected chi connectivity index (χ4v) is 4.45. The number of nitrogens with zero attached hydrogens (tertiary/aromatic N) is 3. The highest BCUT2D eigenvalue weighted by molar-refractivity contribution is 7.88. The summed E-state index contributed by atoms with van der Waals surface area (Å²) in [5.41, 5.74) is 0.565. The van der Waals surface area contributed by atoms with Gasteiger partial charge in [-0.3, -0.25) is 14.6 Å². The number of fused-ring (bicyclic) bond motifs is 1. The normalized spacial score (nSPS) is 24.7. The Labute approximate surface area is 147 Å². The van der Waals surface area contributed by atoms with Gasteiger partial charge in [-0.1, -0.05) is 0 Å². The summed E-state index contributed by atoms with van der Waals surface area (Å²) in [6.45, 7) is 0.597. The van der Waals surface area contributed by atoms with E-state index >= 15 is 0 Å². The minimum atomic E-state index is -3.30. The fraction of sp³-hybridized carbons (Fsp3) is 0.562. The van der Waals surface area contributed by atoms with Crippen LogP contribution in [0.25, 0.3) is 0 Å². The Bertz CT molecular complexity index is 753. The molecule has 2 aliphatic heterocycles. The summed E-state index contributed by atoms with van der Waals surface area (Å²) in [6.07, 6.45) is 6.23. The number of likely N-dealkylation sites (tertiary alicyclic amines) is 1. The van der Waals surface area contributed by atoms with Crippen LogP contribution in [0.1, 0.15) is 19.3 Å². The second kappa shape index (κ2) is 7.09. The number of sulfonamides is 1. The maximum atomic E-state index is 12.5. The molecule has 3 heterocycles. The highest BCUT2D eigenvalue weighted by Crippen LogP contribution is 2.31. The topological polar surface area (TPSA) is 99.7 Å². The van der Waals surface area contributed by atoms with E-state index in [-0.39, 0.29) is 36.9 Å². The Hall–Kier alpha value is -2.00. The molecule has 1 aromatic rings. The SMILES string of the molecule is CS(=O)(=O)N1C[C@H]2CCCC(=O)N(CC(=O)Nc3cccnc3)[C@H]2C1. The largest absolute Gasteiger partial charge is 0.329 e. The minimum absolute atomic E-state index is 0.0763. The zero-order valence-electron chi connectivity index (χ0n) is 14.1. The Kier molecular flexibility index (Phi) is 5.05. The maximum Gasteiger partial charge on any atom is 0.244 e. The molecule has 0 spiro atoms. The average Bonchev–Trinajstić information content (AvgIpc) is 2.92. The van der Waals surface area contributed by atoms with Crippen LogP contribution in [0.15, 0.2) is 24.5 Å². The maximum absolute atomic E-state index is 12.5. The summed E-state index contributed by atoms with van der Waals surface area (Å²) in [5, 5.41) is 2.72. The number of pyridine rings is 1. The molecule has 3 rings (SSSR count). The van der Waals surface area contributed by atoms with E-state index in [9.17, 15) is 18.0 Å². The van der Waals surface area contributed by atoms with Crippen LogP contribution >= 0.6 is 0 Å². The molecule has 0 bridgehead atoms. The van der Waals surface area contributed by atoms with E-state index in [2.05, 4.69) is 10.3 Å². The van der Waals surface area contributed by atoms with E-state index in [1.165, 1.54) is 16.8 Å². The van der Waals surface area contributed by atoms with Gasteiger partial charge in [0.05, 0.1) is 24.2 Å². The molecule has 0 aromatic carbocycles. The zero-order valence-corrected chi connectivity index (χ0v) is 14.9. The predicted molar refractivity (Wildman–Crippen MR) is 92.1 cm³/mol. The van der Waals surface area contributed by atoms with Crippen LogP contribution in [0.5, 0.6) is 0 Å².